The molecule has 6 nitrogen and oxygen atoms in total. The first-order valence-corrected chi connectivity index (χ1v) is 6.24. The highest BCUT2D eigenvalue weighted by atomic mass is 16.5. The molecule has 6 heteroatoms. The lowest BCUT2D eigenvalue weighted by Gasteiger charge is -2.37. The first-order valence-electron chi connectivity index (χ1n) is 6.24. The second-order valence-electron chi connectivity index (χ2n) is 5.08. The molecule has 1 aromatic heterocycles. The Balaban J connectivity index is 1.95. The van der Waals surface area contributed by atoms with Crippen LogP contribution in [0.2, 0.25) is 0 Å². The summed E-state index contributed by atoms with van der Waals surface area (Å²) in [5, 5.41) is 3.94. The lowest BCUT2D eigenvalue weighted by molar-refractivity contribution is -0.116. The summed E-state index contributed by atoms with van der Waals surface area (Å²) in [5.74, 6) is 1.16. The predicted octanol–water partition coefficient (Wildman–Crippen LogP) is -0.0106. The van der Waals surface area contributed by atoms with Gasteiger partial charge in [-0.05, 0) is 21.0 Å². The molecule has 1 fully saturated rings. The molecule has 0 saturated carbocycles. The highest BCUT2D eigenvalue weighted by Crippen LogP contribution is 2.11. The SMILES string of the molecule is CC(=O)Cc1nc(CC2CN(C)CCN2C)no1. The van der Waals surface area contributed by atoms with Crippen molar-refractivity contribution in [2.75, 3.05) is 33.7 Å². The molecule has 2 rings (SSSR count). The molecule has 18 heavy (non-hydrogen) atoms. The van der Waals surface area contributed by atoms with Crippen LogP contribution in [-0.4, -0.2) is 65.5 Å². The Bertz CT molecular complexity index is 418. The Hall–Kier alpha value is -1.27. The number of likely N-dealkylation sites (N-methyl/N-ethyl adjacent to an activating group) is 2. The quantitative estimate of drug-likeness (QED) is 0.751. The molecule has 1 saturated heterocycles. The van der Waals surface area contributed by atoms with Crippen LogP contribution in [0.1, 0.15) is 18.6 Å². The van der Waals surface area contributed by atoms with Gasteiger partial charge in [-0.15, -0.1) is 0 Å². The van der Waals surface area contributed by atoms with Gasteiger partial charge in [0.1, 0.15) is 5.78 Å². The topological polar surface area (TPSA) is 62.5 Å². The van der Waals surface area contributed by atoms with Crippen LogP contribution in [0.15, 0.2) is 4.52 Å². The summed E-state index contributed by atoms with van der Waals surface area (Å²) in [6.07, 6.45) is 0.996. The van der Waals surface area contributed by atoms with Crippen LogP contribution in [0, 0.1) is 0 Å². The fourth-order valence-corrected chi connectivity index (χ4v) is 2.19. The number of hydrogen-bond acceptors (Lipinski definition) is 6. The van der Waals surface area contributed by atoms with Crippen LogP contribution in [-0.2, 0) is 17.6 Å². The monoisotopic (exact) mass is 252 g/mol. The Morgan fingerprint density at radius 2 is 2.22 bits per heavy atom. The van der Waals surface area contributed by atoms with E-state index in [-0.39, 0.29) is 12.2 Å². The maximum Gasteiger partial charge on any atom is 0.234 e. The Kier molecular flexibility index (Phi) is 4.08. The van der Waals surface area contributed by atoms with Crippen molar-refractivity contribution in [2.45, 2.75) is 25.8 Å². The van der Waals surface area contributed by atoms with Gasteiger partial charge in [-0.25, -0.2) is 0 Å². The van der Waals surface area contributed by atoms with Crippen molar-refractivity contribution in [3.63, 3.8) is 0 Å². The lowest BCUT2D eigenvalue weighted by atomic mass is 10.1. The maximum atomic E-state index is 11.0. The van der Waals surface area contributed by atoms with E-state index in [9.17, 15) is 4.79 Å². The number of ketones is 1. The summed E-state index contributed by atoms with van der Waals surface area (Å²) in [5.41, 5.74) is 0. The molecule has 0 amide bonds. The highest BCUT2D eigenvalue weighted by Gasteiger charge is 2.24. The Morgan fingerprint density at radius 3 is 2.94 bits per heavy atom. The molecule has 0 spiro atoms. The third-order valence-corrected chi connectivity index (χ3v) is 3.31. The van der Waals surface area contributed by atoms with Crippen molar-refractivity contribution in [3.05, 3.63) is 11.7 Å². The highest BCUT2D eigenvalue weighted by molar-refractivity contribution is 5.77. The molecule has 2 heterocycles. The molecule has 0 aliphatic carbocycles. The molecule has 0 N–H and O–H groups in total. The molecule has 0 bridgehead atoms. The van der Waals surface area contributed by atoms with Gasteiger partial charge in [0.25, 0.3) is 0 Å². The number of hydrogen-bond donors (Lipinski definition) is 0. The minimum atomic E-state index is 0.0414. The summed E-state index contributed by atoms with van der Waals surface area (Å²) in [6, 6.07) is 0.409. The van der Waals surface area contributed by atoms with Gasteiger partial charge in [0.2, 0.25) is 5.89 Å². The minimum Gasteiger partial charge on any atom is -0.339 e. The molecule has 0 aromatic carbocycles. The van der Waals surface area contributed by atoms with Gasteiger partial charge in [-0.2, -0.15) is 4.98 Å². The Labute approximate surface area is 107 Å². The minimum absolute atomic E-state index is 0.0414. The van der Waals surface area contributed by atoms with Crippen molar-refractivity contribution in [2.24, 2.45) is 0 Å². The molecule has 1 aliphatic heterocycles. The maximum absolute atomic E-state index is 11.0. The number of rotatable bonds is 4. The second-order valence-corrected chi connectivity index (χ2v) is 5.08. The molecule has 1 aliphatic rings. The van der Waals surface area contributed by atoms with Crippen molar-refractivity contribution in [3.8, 4) is 0 Å². The van der Waals surface area contributed by atoms with Crippen molar-refractivity contribution < 1.29 is 9.32 Å². The molecular weight excluding hydrogens is 232 g/mol. The van der Waals surface area contributed by atoms with Gasteiger partial charge in [-0.1, -0.05) is 5.16 Å². The summed E-state index contributed by atoms with van der Waals surface area (Å²) in [7, 11) is 4.24. The third-order valence-electron chi connectivity index (χ3n) is 3.31. The van der Waals surface area contributed by atoms with Gasteiger partial charge in [0.05, 0.1) is 6.42 Å². The van der Waals surface area contributed by atoms with Crippen LogP contribution in [0.3, 0.4) is 0 Å². The second kappa shape index (κ2) is 5.58. The summed E-state index contributed by atoms with van der Waals surface area (Å²) in [4.78, 5) is 19.9. The largest absolute Gasteiger partial charge is 0.339 e. The lowest BCUT2D eigenvalue weighted by Crippen LogP contribution is -2.50. The van der Waals surface area contributed by atoms with Gasteiger partial charge in [0, 0.05) is 32.1 Å². The summed E-state index contributed by atoms with van der Waals surface area (Å²) >= 11 is 0. The van der Waals surface area contributed by atoms with E-state index in [2.05, 4.69) is 34.0 Å². The van der Waals surface area contributed by atoms with E-state index in [0.29, 0.717) is 17.8 Å². The van der Waals surface area contributed by atoms with Crippen LogP contribution in [0.5, 0.6) is 0 Å². The van der Waals surface area contributed by atoms with E-state index in [4.69, 9.17) is 4.52 Å². The van der Waals surface area contributed by atoms with Gasteiger partial charge >= 0.3 is 0 Å². The van der Waals surface area contributed by atoms with Crippen molar-refractivity contribution in [1.82, 2.24) is 19.9 Å². The molecule has 1 unspecified atom stereocenters. The molecule has 100 valence electrons. The van der Waals surface area contributed by atoms with Gasteiger partial charge < -0.3 is 14.3 Å². The Morgan fingerprint density at radius 1 is 1.44 bits per heavy atom. The van der Waals surface area contributed by atoms with Crippen molar-refractivity contribution in [1.29, 1.82) is 0 Å². The molecule has 0 radical (unpaired) electrons. The number of aromatic nitrogens is 2. The van der Waals surface area contributed by atoms with Crippen LogP contribution >= 0.6 is 0 Å². The van der Waals surface area contributed by atoms with Gasteiger partial charge in [0.15, 0.2) is 5.82 Å². The number of carbonyl (C=O) groups is 1. The number of nitrogens with zero attached hydrogens (tertiary/aromatic N) is 4. The fraction of sp³-hybridized carbons (Fsp3) is 0.750. The number of piperazine rings is 1. The van der Waals surface area contributed by atoms with E-state index in [1.54, 1.807) is 0 Å². The zero-order chi connectivity index (χ0) is 13.1. The smallest absolute Gasteiger partial charge is 0.234 e. The number of Topliss-reactive ketones (excluding diaryl/α,β-unsaturated/α-hetero) is 1. The standard InChI is InChI=1S/C12H20N4O2/c1-9(17)6-12-13-11(14-18-12)7-10-8-15(2)4-5-16(10)3/h10H,4-8H2,1-3H3. The van der Waals surface area contributed by atoms with E-state index in [0.717, 1.165) is 26.1 Å². The van der Waals surface area contributed by atoms with E-state index < -0.39 is 0 Å². The van der Waals surface area contributed by atoms with Crippen molar-refractivity contribution >= 4 is 5.78 Å². The average molecular weight is 252 g/mol. The first kappa shape index (κ1) is 13.2. The fourth-order valence-electron chi connectivity index (χ4n) is 2.19. The van der Waals surface area contributed by atoms with E-state index in [1.165, 1.54) is 6.92 Å². The third kappa shape index (κ3) is 3.36. The van der Waals surface area contributed by atoms with Crippen LogP contribution in [0.25, 0.3) is 0 Å². The normalized spacial score (nSPS) is 22.3. The van der Waals surface area contributed by atoms with E-state index in [1.807, 2.05) is 0 Å². The number of carbonyl (C=O) groups excluding carboxylic acids is 1. The molecule has 1 aromatic rings. The summed E-state index contributed by atoms with van der Waals surface area (Å²) < 4.78 is 5.07. The summed E-state index contributed by atoms with van der Waals surface area (Å²) in [6.45, 7) is 4.68. The van der Waals surface area contributed by atoms with Gasteiger partial charge in [-0.3, -0.25) is 4.79 Å². The predicted molar refractivity (Wildman–Crippen MR) is 66.3 cm³/mol. The van der Waals surface area contributed by atoms with E-state index >= 15 is 0 Å². The van der Waals surface area contributed by atoms with Crippen LogP contribution < -0.4 is 0 Å². The van der Waals surface area contributed by atoms with Crippen LogP contribution in [0.4, 0.5) is 0 Å². The molecule has 1 atom stereocenters. The average Bonchev–Trinajstić information content (AvgIpc) is 2.70. The zero-order valence-electron chi connectivity index (χ0n) is 11.2. The first-order chi connectivity index (χ1) is 8.54. The molecular formula is C12H20N4O2. The zero-order valence-corrected chi connectivity index (χ0v) is 11.2.